The number of hydrogen-bond acceptors (Lipinski definition) is 2. The largest absolute Gasteiger partial charge is 0.356 e. The van der Waals surface area contributed by atoms with Crippen LogP contribution in [0.4, 0.5) is 4.39 Å². The number of carbonyl (C=O) groups excluding carboxylic acids is 2. The second-order valence-electron chi connectivity index (χ2n) is 4.13. The van der Waals surface area contributed by atoms with Gasteiger partial charge in [-0.1, -0.05) is 13.3 Å². The average Bonchev–Trinajstić information content (AvgIpc) is 2.37. The Morgan fingerprint density at radius 1 is 1.17 bits per heavy atom. The highest BCUT2D eigenvalue weighted by Crippen LogP contribution is 2.07. The van der Waals surface area contributed by atoms with E-state index in [1.54, 1.807) is 0 Å². The number of amides is 1. The lowest BCUT2D eigenvalue weighted by Crippen LogP contribution is -2.24. The second kappa shape index (κ2) is 7.58. The summed E-state index contributed by atoms with van der Waals surface area (Å²) in [5, 5.41) is 2.75. The molecule has 0 fully saturated rings. The first-order valence-electron chi connectivity index (χ1n) is 6.19. The molecule has 0 heterocycles. The van der Waals surface area contributed by atoms with E-state index in [9.17, 15) is 14.0 Å². The fraction of sp³-hybridized carbons (Fsp3) is 0.429. The van der Waals surface area contributed by atoms with E-state index in [4.69, 9.17) is 0 Å². The van der Waals surface area contributed by atoms with Crippen LogP contribution < -0.4 is 5.32 Å². The van der Waals surface area contributed by atoms with Gasteiger partial charge in [0.1, 0.15) is 5.82 Å². The predicted octanol–water partition coefficient (Wildman–Crippen LogP) is 2.70. The molecule has 1 N–H and O–H groups in total. The number of benzene rings is 1. The lowest BCUT2D eigenvalue weighted by atomic mass is 10.1. The van der Waals surface area contributed by atoms with Gasteiger partial charge < -0.3 is 5.32 Å². The molecule has 0 bridgehead atoms. The molecule has 1 aromatic rings. The molecule has 0 saturated carbocycles. The number of Topliss-reactive ketones (excluding diaryl/α,β-unsaturated/α-hetero) is 1. The van der Waals surface area contributed by atoms with E-state index in [1.165, 1.54) is 24.3 Å². The summed E-state index contributed by atoms with van der Waals surface area (Å²) in [7, 11) is 0. The molecule has 1 rings (SSSR count). The fourth-order valence-corrected chi connectivity index (χ4v) is 1.50. The standard InChI is InChI=1S/C14H18FNO2/c1-2-3-10-16-14(18)9-8-13(17)11-4-6-12(15)7-5-11/h4-7H,2-3,8-10H2,1H3,(H,16,18). The van der Waals surface area contributed by atoms with Crippen LogP contribution in [0.15, 0.2) is 24.3 Å². The Morgan fingerprint density at radius 2 is 1.83 bits per heavy atom. The van der Waals surface area contributed by atoms with E-state index in [-0.39, 0.29) is 30.3 Å². The van der Waals surface area contributed by atoms with Crippen LogP contribution in [0.1, 0.15) is 43.0 Å². The number of carbonyl (C=O) groups is 2. The normalized spacial score (nSPS) is 10.1. The van der Waals surface area contributed by atoms with Crippen molar-refractivity contribution in [2.45, 2.75) is 32.6 Å². The maximum atomic E-state index is 12.7. The second-order valence-corrected chi connectivity index (χ2v) is 4.13. The maximum Gasteiger partial charge on any atom is 0.220 e. The molecular formula is C14H18FNO2. The van der Waals surface area contributed by atoms with E-state index in [1.807, 2.05) is 6.92 Å². The number of hydrogen-bond donors (Lipinski definition) is 1. The monoisotopic (exact) mass is 251 g/mol. The quantitative estimate of drug-likeness (QED) is 0.598. The Morgan fingerprint density at radius 3 is 2.44 bits per heavy atom. The van der Waals surface area contributed by atoms with E-state index in [2.05, 4.69) is 5.32 Å². The summed E-state index contributed by atoms with van der Waals surface area (Å²) in [6.45, 7) is 2.70. The highest BCUT2D eigenvalue weighted by atomic mass is 19.1. The molecule has 1 amide bonds. The highest BCUT2D eigenvalue weighted by Gasteiger charge is 2.08. The first-order valence-corrected chi connectivity index (χ1v) is 6.19. The molecule has 0 saturated heterocycles. The minimum atomic E-state index is -0.371. The highest BCUT2D eigenvalue weighted by molar-refractivity contribution is 5.97. The van der Waals surface area contributed by atoms with Gasteiger partial charge in [0.05, 0.1) is 0 Å². The van der Waals surface area contributed by atoms with Crippen molar-refractivity contribution in [3.63, 3.8) is 0 Å². The lowest BCUT2D eigenvalue weighted by Gasteiger charge is -2.04. The predicted molar refractivity (Wildman–Crippen MR) is 67.9 cm³/mol. The molecule has 0 aliphatic carbocycles. The van der Waals surface area contributed by atoms with Crippen LogP contribution in [-0.4, -0.2) is 18.2 Å². The van der Waals surface area contributed by atoms with Gasteiger partial charge in [-0.25, -0.2) is 4.39 Å². The van der Waals surface area contributed by atoms with Crippen molar-refractivity contribution < 1.29 is 14.0 Å². The molecule has 0 radical (unpaired) electrons. The van der Waals surface area contributed by atoms with Crippen LogP contribution in [0.5, 0.6) is 0 Å². The Kier molecular flexibility index (Phi) is 6.05. The summed E-state index contributed by atoms with van der Waals surface area (Å²) in [5.74, 6) is -0.622. The van der Waals surface area contributed by atoms with E-state index in [0.29, 0.717) is 12.1 Å². The van der Waals surface area contributed by atoms with E-state index < -0.39 is 0 Å². The van der Waals surface area contributed by atoms with Crippen LogP contribution in [0.25, 0.3) is 0 Å². The van der Waals surface area contributed by atoms with Crippen LogP contribution >= 0.6 is 0 Å². The van der Waals surface area contributed by atoms with Crippen molar-refractivity contribution >= 4 is 11.7 Å². The minimum absolute atomic E-state index is 0.112. The topological polar surface area (TPSA) is 46.2 Å². The summed E-state index contributed by atoms with van der Waals surface area (Å²) < 4.78 is 12.7. The van der Waals surface area contributed by atoms with Crippen LogP contribution in [0.2, 0.25) is 0 Å². The lowest BCUT2D eigenvalue weighted by molar-refractivity contribution is -0.121. The molecule has 1 aromatic carbocycles. The van der Waals surface area contributed by atoms with Gasteiger partial charge in [0.15, 0.2) is 5.78 Å². The van der Waals surface area contributed by atoms with Crippen molar-refractivity contribution in [3.05, 3.63) is 35.6 Å². The van der Waals surface area contributed by atoms with Crippen LogP contribution in [-0.2, 0) is 4.79 Å². The SMILES string of the molecule is CCCCNC(=O)CCC(=O)c1ccc(F)cc1. The van der Waals surface area contributed by atoms with Gasteiger partial charge in [-0.3, -0.25) is 9.59 Å². The first kappa shape index (κ1) is 14.4. The smallest absolute Gasteiger partial charge is 0.220 e. The molecule has 4 heteroatoms. The molecular weight excluding hydrogens is 233 g/mol. The number of nitrogens with one attached hydrogen (secondary N) is 1. The third-order valence-corrected chi connectivity index (χ3v) is 2.60. The molecule has 98 valence electrons. The first-order chi connectivity index (χ1) is 8.63. The maximum absolute atomic E-state index is 12.7. The summed E-state index contributed by atoms with van der Waals surface area (Å²) >= 11 is 0. The fourth-order valence-electron chi connectivity index (χ4n) is 1.50. The van der Waals surface area contributed by atoms with Crippen molar-refractivity contribution in [3.8, 4) is 0 Å². The van der Waals surface area contributed by atoms with Gasteiger partial charge in [-0.15, -0.1) is 0 Å². The van der Waals surface area contributed by atoms with Gasteiger partial charge in [0.25, 0.3) is 0 Å². The summed E-state index contributed by atoms with van der Waals surface area (Å²) in [6, 6.07) is 5.36. The number of unbranched alkanes of at least 4 members (excludes halogenated alkanes) is 1. The Bertz CT molecular complexity index is 401. The average molecular weight is 251 g/mol. The van der Waals surface area contributed by atoms with Gasteiger partial charge in [-0.05, 0) is 30.7 Å². The summed E-state index contributed by atoms with van der Waals surface area (Å²) in [4.78, 5) is 23.1. The molecule has 0 spiro atoms. The summed E-state index contributed by atoms with van der Waals surface area (Å²) in [5.41, 5.74) is 0.442. The van der Waals surface area contributed by atoms with E-state index >= 15 is 0 Å². The van der Waals surface area contributed by atoms with Crippen LogP contribution in [0, 0.1) is 5.82 Å². The van der Waals surface area contributed by atoms with Gasteiger partial charge in [0.2, 0.25) is 5.91 Å². The molecule has 0 atom stereocenters. The van der Waals surface area contributed by atoms with Crippen molar-refractivity contribution in [1.29, 1.82) is 0 Å². The number of halogens is 1. The number of rotatable bonds is 7. The molecule has 0 aliphatic rings. The molecule has 0 aromatic heterocycles. The third kappa shape index (κ3) is 5.08. The molecule has 3 nitrogen and oxygen atoms in total. The van der Waals surface area contributed by atoms with Crippen molar-refractivity contribution in [2.24, 2.45) is 0 Å². The van der Waals surface area contributed by atoms with Gasteiger partial charge in [0, 0.05) is 24.9 Å². The third-order valence-electron chi connectivity index (χ3n) is 2.60. The Hall–Kier alpha value is -1.71. The van der Waals surface area contributed by atoms with Crippen molar-refractivity contribution in [2.75, 3.05) is 6.54 Å². The van der Waals surface area contributed by atoms with Gasteiger partial charge >= 0.3 is 0 Å². The van der Waals surface area contributed by atoms with Gasteiger partial charge in [-0.2, -0.15) is 0 Å². The minimum Gasteiger partial charge on any atom is -0.356 e. The zero-order valence-corrected chi connectivity index (χ0v) is 10.5. The number of ketones is 1. The molecule has 0 aliphatic heterocycles. The summed E-state index contributed by atoms with van der Waals surface area (Å²) in [6.07, 6.45) is 2.30. The van der Waals surface area contributed by atoms with Crippen LogP contribution in [0.3, 0.4) is 0 Å². The Balaban J connectivity index is 2.32. The zero-order valence-electron chi connectivity index (χ0n) is 10.5. The molecule has 18 heavy (non-hydrogen) atoms. The van der Waals surface area contributed by atoms with E-state index in [0.717, 1.165) is 12.8 Å². The Labute approximate surface area is 106 Å². The zero-order chi connectivity index (χ0) is 13.4. The molecule has 0 unspecified atom stereocenters. The van der Waals surface area contributed by atoms with Crippen molar-refractivity contribution in [1.82, 2.24) is 5.32 Å².